The number of hydrogen-bond donors (Lipinski definition) is 0. The summed E-state index contributed by atoms with van der Waals surface area (Å²) < 4.78 is 19.6. The van der Waals surface area contributed by atoms with E-state index in [-0.39, 0.29) is 35.8 Å². The number of hydrogen-bond acceptors (Lipinski definition) is 3. The molecule has 5 heteroatoms. The van der Waals surface area contributed by atoms with Crippen LogP contribution in [-0.2, 0) is 6.42 Å². The first-order valence-corrected chi connectivity index (χ1v) is 7.66. The first kappa shape index (κ1) is 18.9. The van der Waals surface area contributed by atoms with Gasteiger partial charge in [-0.15, -0.1) is 12.4 Å². The number of fused-ring (bicyclic) bond motifs is 1. The first-order valence-electron chi connectivity index (χ1n) is 7.66. The van der Waals surface area contributed by atoms with Gasteiger partial charge in [0, 0.05) is 23.2 Å². The van der Waals surface area contributed by atoms with Gasteiger partial charge in [0.2, 0.25) is 0 Å². The van der Waals surface area contributed by atoms with E-state index < -0.39 is 0 Å². The molecule has 0 aliphatic carbocycles. The van der Waals surface area contributed by atoms with E-state index in [1.807, 2.05) is 0 Å². The minimum Gasteiger partial charge on any atom is -0.489 e. The van der Waals surface area contributed by atoms with Gasteiger partial charge in [-0.2, -0.15) is 0 Å². The Morgan fingerprint density at radius 2 is 2.14 bits per heavy atom. The molecule has 22 heavy (non-hydrogen) atoms. The van der Waals surface area contributed by atoms with Gasteiger partial charge in [0.15, 0.2) is 17.3 Å². The van der Waals surface area contributed by atoms with Crippen LogP contribution in [0.15, 0.2) is 12.1 Å². The lowest BCUT2D eigenvalue weighted by Crippen LogP contribution is -2.47. The fourth-order valence-corrected chi connectivity index (χ4v) is 3.10. The first-order chi connectivity index (χ1) is 9.95. The second-order valence-corrected chi connectivity index (χ2v) is 5.96. The van der Waals surface area contributed by atoms with Crippen LogP contribution in [0.3, 0.4) is 0 Å². The fourth-order valence-electron chi connectivity index (χ4n) is 3.10. The van der Waals surface area contributed by atoms with Gasteiger partial charge in [0.25, 0.3) is 0 Å². The van der Waals surface area contributed by atoms with Crippen molar-refractivity contribution in [1.29, 1.82) is 0 Å². The molecule has 1 aromatic rings. The van der Waals surface area contributed by atoms with E-state index in [1.54, 1.807) is 6.07 Å². The van der Waals surface area contributed by atoms with Crippen molar-refractivity contribution in [3.8, 4) is 5.75 Å². The van der Waals surface area contributed by atoms with Gasteiger partial charge >= 0.3 is 0 Å². The maximum Gasteiger partial charge on any atom is 0.165 e. The van der Waals surface area contributed by atoms with Gasteiger partial charge in [-0.3, -0.25) is 9.69 Å². The largest absolute Gasteiger partial charge is 0.489 e. The Morgan fingerprint density at radius 3 is 2.68 bits per heavy atom. The lowest BCUT2D eigenvalue weighted by Gasteiger charge is -2.38. The molecule has 1 aliphatic heterocycles. The predicted molar refractivity (Wildman–Crippen MR) is 88.8 cm³/mol. The Bertz CT molecular complexity index is 534. The van der Waals surface area contributed by atoms with Crippen LogP contribution in [0.4, 0.5) is 4.39 Å². The smallest absolute Gasteiger partial charge is 0.165 e. The Balaban J connectivity index is 0.00000242. The van der Waals surface area contributed by atoms with Crippen LogP contribution in [0.1, 0.15) is 50.0 Å². The van der Waals surface area contributed by atoms with Gasteiger partial charge < -0.3 is 4.74 Å². The third-order valence-electron chi connectivity index (χ3n) is 4.07. The molecule has 0 amide bonds. The number of ether oxygens (including phenoxy) is 1. The fraction of sp³-hybridized carbons (Fsp3) is 0.588. The van der Waals surface area contributed by atoms with E-state index in [2.05, 4.69) is 25.7 Å². The third-order valence-corrected chi connectivity index (χ3v) is 4.07. The van der Waals surface area contributed by atoms with E-state index in [0.717, 1.165) is 18.5 Å². The second kappa shape index (κ2) is 7.93. The number of rotatable bonds is 5. The van der Waals surface area contributed by atoms with Crippen LogP contribution in [0.5, 0.6) is 5.75 Å². The zero-order chi connectivity index (χ0) is 15.6. The number of ketones is 1. The number of Topliss-reactive ketones (excluding diaryl/α,β-unsaturated/α-hetero) is 1. The molecular formula is C17H25ClFNO2. The van der Waals surface area contributed by atoms with Gasteiger partial charge in [-0.1, -0.05) is 6.92 Å². The Hall–Kier alpha value is -1.13. The average molecular weight is 330 g/mol. The molecule has 0 bridgehead atoms. The maximum atomic E-state index is 13.9. The minimum absolute atomic E-state index is 0. The normalized spacial score (nSPS) is 17.0. The summed E-state index contributed by atoms with van der Waals surface area (Å²) in [6.45, 7) is 9.43. The number of benzene rings is 1. The summed E-state index contributed by atoms with van der Waals surface area (Å²) in [6, 6.07) is 3.48. The maximum absolute atomic E-state index is 13.9. The van der Waals surface area contributed by atoms with Crippen molar-refractivity contribution in [3.63, 3.8) is 0 Å². The monoisotopic (exact) mass is 329 g/mol. The summed E-state index contributed by atoms with van der Waals surface area (Å²) in [5.41, 5.74) is 1.30. The molecule has 2 rings (SSSR count). The summed E-state index contributed by atoms with van der Waals surface area (Å²) in [4.78, 5) is 14.1. The van der Waals surface area contributed by atoms with Crippen LogP contribution >= 0.6 is 12.4 Å². The highest BCUT2D eigenvalue weighted by molar-refractivity contribution is 5.96. The van der Waals surface area contributed by atoms with Crippen LogP contribution < -0.4 is 4.74 Å². The molecule has 124 valence electrons. The second-order valence-electron chi connectivity index (χ2n) is 5.96. The van der Waals surface area contributed by atoms with E-state index in [0.29, 0.717) is 24.6 Å². The van der Waals surface area contributed by atoms with Crippen LogP contribution in [0.2, 0.25) is 0 Å². The molecule has 1 heterocycles. The summed E-state index contributed by atoms with van der Waals surface area (Å²) in [5, 5.41) is 0. The minimum atomic E-state index is -0.375. The summed E-state index contributed by atoms with van der Waals surface area (Å²) in [6.07, 6.45) is 1.73. The van der Waals surface area contributed by atoms with Crippen LogP contribution in [-0.4, -0.2) is 35.9 Å². The number of carbonyl (C=O) groups is 1. The molecule has 1 aliphatic rings. The van der Waals surface area contributed by atoms with E-state index in [1.165, 1.54) is 13.0 Å². The van der Waals surface area contributed by atoms with Crippen molar-refractivity contribution >= 4 is 18.2 Å². The quantitative estimate of drug-likeness (QED) is 0.768. The molecule has 1 atom stereocenters. The van der Waals surface area contributed by atoms with Crippen molar-refractivity contribution in [2.45, 2.75) is 52.6 Å². The topological polar surface area (TPSA) is 29.5 Å². The lowest BCUT2D eigenvalue weighted by atomic mass is 9.93. The molecule has 0 N–H and O–H groups in total. The van der Waals surface area contributed by atoms with E-state index in [4.69, 9.17) is 4.74 Å². The van der Waals surface area contributed by atoms with Crippen molar-refractivity contribution in [3.05, 3.63) is 29.1 Å². The Labute approximate surface area is 138 Å². The lowest BCUT2D eigenvalue weighted by molar-refractivity contribution is 0.0885. The highest BCUT2D eigenvalue weighted by Crippen LogP contribution is 2.33. The molecule has 0 spiro atoms. The zero-order valence-electron chi connectivity index (χ0n) is 13.7. The molecule has 0 saturated carbocycles. The summed E-state index contributed by atoms with van der Waals surface area (Å²) in [5.74, 6) is -0.152. The third kappa shape index (κ3) is 3.79. The van der Waals surface area contributed by atoms with E-state index >= 15 is 0 Å². The van der Waals surface area contributed by atoms with Crippen molar-refractivity contribution in [2.24, 2.45) is 0 Å². The van der Waals surface area contributed by atoms with Crippen molar-refractivity contribution < 1.29 is 13.9 Å². The zero-order valence-corrected chi connectivity index (χ0v) is 14.5. The Kier molecular flexibility index (Phi) is 6.82. The average Bonchev–Trinajstić information content (AvgIpc) is 2.44. The molecular weight excluding hydrogens is 305 g/mol. The van der Waals surface area contributed by atoms with Crippen molar-refractivity contribution in [1.82, 2.24) is 4.90 Å². The SMILES string of the molecule is CCCN(C(C)C)C1COc2c(F)ccc(C(C)=O)c2C1.Cl. The van der Waals surface area contributed by atoms with Crippen molar-refractivity contribution in [2.75, 3.05) is 13.2 Å². The van der Waals surface area contributed by atoms with Gasteiger partial charge in [0.05, 0.1) is 0 Å². The number of halogens is 2. The summed E-state index contributed by atoms with van der Waals surface area (Å²) in [7, 11) is 0. The number of carbonyl (C=O) groups excluding carboxylic acids is 1. The summed E-state index contributed by atoms with van der Waals surface area (Å²) >= 11 is 0. The van der Waals surface area contributed by atoms with Crippen LogP contribution in [0.25, 0.3) is 0 Å². The number of nitrogens with zero attached hydrogens (tertiary/aromatic N) is 1. The standard InChI is InChI=1S/C17H24FNO2.ClH/c1-5-8-19(11(2)3)13-9-15-14(12(4)20)6-7-16(18)17(15)21-10-13;/h6-7,11,13H,5,8-10H2,1-4H3;1H. The predicted octanol–water partition coefficient (Wildman–Crippen LogP) is 3.87. The molecule has 0 fully saturated rings. The van der Waals surface area contributed by atoms with Gasteiger partial charge in [-0.05, 0) is 52.3 Å². The molecule has 1 unspecified atom stereocenters. The highest BCUT2D eigenvalue weighted by atomic mass is 35.5. The van der Waals surface area contributed by atoms with Gasteiger partial charge in [0.1, 0.15) is 6.61 Å². The molecule has 0 aromatic heterocycles. The molecule has 0 saturated heterocycles. The van der Waals surface area contributed by atoms with E-state index in [9.17, 15) is 9.18 Å². The molecule has 0 radical (unpaired) electrons. The van der Waals surface area contributed by atoms with Gasteiger partial charge in [-0.25, -0.2) is 4.39 Å². The van der Waals surface area contributed by atoms with Crippen LogP contribution in [0, 0.1) is 5.82 Å². The molecule has 3 nitrogen and oxygen atoms in total. The Morgan fingerprint density at radius 1 is 1.45 bits per heavy atom. The highest BCUT2D eigenvalue weighted by Gasteiger charge is 2.30. The molecule has 1 aromatic carbocycles.